The Morgan fingerprint density at radius 1 is 1.13 bits per heavy atom. The van der Waals surface area contributed by atoms with Crippen LogP contribution in [0.15, 0.2) is 41.7 Å². The first-order chi connectivity index (χ1) is 14.8. The van der Waals surface area contributed by atoms with Gasteiger partial charge < -0.3 is 9.47 Å². The molecule has 2 bridgehead atoms. The first-order valence-electron chi connectivity index (χ1n) is 11.2. The smallest absolute Gasteiger partial charge is 0.254 e. The molecular formula is C26H28N4O. The van der Waals surface area contributed by atoms with E-state index in [0.717, 1.165) is 53.7 Å². The first kappa shape index (κ1) is 18.8. The van der Waals surface area contributed by atoms with Gasteiger partial charge in [-0.05, 0) is 65.3 Å². The molecule has 2 aliphatic heterocycles. The van der Waals surface area contributed by atoms with Gasteiger partial charge in [0.15, 0.2) is 0 Å². The van der Waals surface area contributed by atoms with E-state index in [4.69, 9.17) is 0 Å². The van der Waals surface area contributed by atoms with Crippen LogP contribution in [-0.2, 0) is 25.3 Å². The molecule has 3 heterocycles. The van der Waals surface area contributed by atoms with Crippen LogP contribution in [0.5, 0.6) is 0 Å². The molecular weight excluding hydrogens is 384 g/mol. The maximum Gasteiger partial charge on any atom is 0.254 e. The number of piperidine rings is 1. The van der Waals surface area contributed by atoms with Gasteiger partial charge in [-0.3, -0.25) is 9.79 Å². The highest BCUT2D eigenvalue weighted by Gasteiger charge is 2.57. The molecule has 5 nitrogen and oxygen atoms in total. The molecule has 0 spiro atoms. The van der Waals surface area contributed by atoms with E-state index in [1.807, 2.05) is 37.8 Å². The monoisotopic (exact) mass is 412 g/mol. The van der Waals surface area contributed by atoms with Crippen molar-refractivity contribution in [3.05, 3.63) is 58.9 Å². The Hall–Kier alpha value is -2.95. The lowest BCUT2D eigenvalue weighted by Crippen LogP contribution is -2.64. The van der Waals surface area contributed by atoms with E-state index in [9.17, 15) is 4.79 Å². The Bertz CT molecular complexity index is 1280. The van der Waals surface area contributed by atoms with E-state index in [-0.39, 0.29) is 22.8 Å². The normalized spacial score (nSPS) is 25.5. The molecule has 0 N–H and O–H groups in total. The fraction of sp³-hybridized carbons (Fsp3) is 0.423. The number of benzene rings is 2. The van der Waals surface area contributed by atoms with Crippen molar-refractivity contribution in [3.8, 4) is 0 Å². The van der Waals surface area contributed by atoms with Gasteiger partial charge in [0.25, 0.3) is 5.91 Å². The van der Waals surface area contributed by atoms with Crippen molar-refractivity contribution in [2.45, 2.75) is 51.5 Å². The average molecular weight is 413 g/mol. The summed E-state index contributed by atoms with van der Waals surface area (Å²) < 4.78 is 2.09. The molecule has 1 aliphatic carbocycles. The molecule has 0 radical (unpaired) electrons. The molecule has 0 saturated carbocycles. The van der Waals surface area contributed by atoms with Crippen molar-refractivity contribution in [1.82, 2.24) is 14.5 Å². The second-order valence-electron chi connectivity index (χ2n) is 10.2. The van der Waals surface area contributed by atoms with Crippen LogP contribution in [0.4, 0.5) is 5.69 Å². The quantitative estimate of drug-likeness (QED) is 0.587. The SMILES string of the molecule is Cn1cnc2cc3c(cc21)C[C@@H]1N(C(=O)c2ccc4c(c2)CC=N4)CC[C@]3(C)C1(C)C. The fourth-order valence-corrected chi connectivity index (χ4v) is 6.19. The molecule has 158 valence electrons. The van der Waals surface area contributed by atoms with Gasteiger partial charge in [-0.25, -0.2) is 4.98 Å². The van der Waals surface area contributed by atoms with Crippen molar-refractivity contribution >= 4 is 28.8 Å². The second-order valence-corrected chi connectivity index (χ2v) is 10.2. The number of hydrogen-bond acceptors (Lipinski definition) is 3. The Balaban J connectivity index is 1.43. The Morgan fingerprint density at radius 2 is 1.97 bits per heavy atom. The topological polar surface area (TPSA) is 50.5 Å². The zero-order chi connectivity index (χ0) is 21.5. The van der Waals surface area contributed by atoms with E-state index in [1.165, 1.54) is 11.1 Å². The third kappa shape index (κ3) is 2.40. The Morgan fingerprint density at radius 3 is 2.81 bits per heavy atom. The molecule has 3 aliphatic rings. The van der Waals surface area contributed by atoms with Gasteiger partial charge in [0.1, 0.15) is 0 Å². The standard InChI is InChI=1S/C26H28N4O/c1-25(2)23-13-18-12-22-21(28-15-29(22)4)14-19(18)26(25,3)8-10-30(23)24(31)17-5-6-20-16(11-17)7-9-27-20/h5-6,9,11-12,14-15,23H,7-8,10,13H2,1-4H3/t23-,26-/m0/s1. The van der Waals surface area contributed by atoms with E-state index < -0.39 is 0 Å². The maximum absolute atomic E-state index is 13.7. The highest BCUT2D eigenvalue weighted by Crippen LogP contribution is 2.56. The predicted octanol–water partition coefficient (Wildman–Crippen LogP) is 4.59. The van der Waals surface area contributed by atoms with Crippen LogP contribution in [0.3, 0.4) is 0 Å². The van der Waals surface area contributed by atoms with Crippen LogP contribution in [0.1, 0.15) is 54.2 Å². The Kier molecular flexibility index (Phi) is 3.67. The molecule has 0 unspecified atom stereocenters. The second kappa shape index (κ2) is 6.06. The van der Waals surface area contributed by atoms with Crippen LogP contribution >= 0.6 is 0 Å². The number of likely N-dealkylation sites (tertiary alicyclic amines) is 1. The molecule has 3 aromatic rings. The Labute approximate surface area is 182 Å². The number of carbonyl (C=O) groups excluding carboxylic acids is 1. The van der Waals surface area contributed by atoms with Crippen LogP contribution in [0.25, 0.3) is 11.0 Å². The molecule has 1 saturated heterocycles. The summed E-state index contributed by atoms with van der Waals surface area (Å²) in [6.07, 6.45) is 6.48. The number of fused-ring (bicyclic) bond motifs is 6. The number of rotatable bonds is 1. The highest BCUT2D eigenvalue weighted by atomic mass is 16.2. The minimum absolute atomic E-state index is 0.0134. The fourth-order valence-electron chi connectivity index (χ4n) is 6.19. The summed E-state index contributed by atoms with van der Waals surface area (Å²) in [5.41, 5.74) is 7.93. The molecule has 5 heteroatoms. The third-order valence-corrected chi connectivity index (χ3v) is 8.57. The minimum atomic E-state index is -0.0315. The summed E-state index contributed by atoms with van der Waals surface area (Å²) in [7, 11) is 2.05. The van der Waals surface area contributed by atoms with Crippen molar-refractivity contribution in [3.63, 3.8) is 0 Å². The number of carbonyl (C=O) groups is 1. The zero-order valence-corrected chi connectivity index (χ0v) is 18.6. The summed E-state index contributed by atoms with van der Waals surface area (Å²) in [6, 6.07) is 10.8. The van der Waals surface area contributed by atoms with Gasteiger partial charge in [0.05, 0.1) is 23.0 Å². The molecule has 6 rings (SSSR count). The number of hydrogen-bond donors (Lipinski definition) is 0. The van der Waals surface area contributed by atoms with Crippen LogP contribution in [-0.4, -0.2) is 39.2 Å². The molecule has 31 heavy (non-hydrogen) atoms. The van der Waals surface area contributed by atoms with Gasteiger partial charge >= 0.3 is 0 Å². The van der Waals surface area contributed by atoms with Crippen LogP contribution in [0, 0.1) is 5.41 Å². The summed E-state index contributed by atoms with van der Waals surface area (Å²) in [6.45, 7) is 7.87. The summed E-state index contributed by atoms with van der Waals surface area (Å²) in [5, 5.41) is 0. The summed E-state index contributed by atoms with van der Waals surface area (Å²) >= 11 is 0. The number of aliphatic imine (C=N–C) groups is 1. The molecule has 2 aromatic carbocycles. The number of amides is 1. The first-order valence-corrected chi connectivity index (χ1v) is 11.2. The number of aromatic nitrogens is 2. The molecule has 1 amide bonds. The van der Waals surface area contributed by atoms with Gasteiger partial charge in [0, 0.05) is 43.2 Å². The zero-order valence-electron chi connectivity index (χ0n) is 18.6. The van der Waals surface area contributed by atoms with Gasteiger partial charge in [-0.2, -0.15) is 0 Å². The van der Waals surface area contributed by atoms with Crippen molar-refractivity contribution < 1.29 is 4.79 Å². The lowest BCUT2D eigenvalue weighted by Gasteiger charge is -2.60. The van der Waals surface area contributed by atoms with Gasteiger partial charge in [-0.1, -0.05) is 20.8 Å². The van der Waals surface area contributed by atoms with E-state index in [2.05, 4.69) is 52.3 Å². The van der Waals surface area contributed by atoms with E-state index >= 15 is 0 Å². The predicted molar refractivity (Wildman–Crippen MR) is 123 cm³/mol. The molecule has 2 atom stereocenters. The van der Waals surface area contributed by atoms with E-state index in [1.54, 1.807) is 0 Å². The highest BCUT2D eigenvalue weighted by molar-refractivity contribution is 5.96. The average Bonchev–Trinajstić information content (AvgIpc) is 3.35. The number of aryl methyl sites for hydroxylation is 1. The van der Waals surface area contributed by atoms with Crippen LogP contribution in [0.2, 0.25) is 0 Å². The summed E-state index contributed by atoms with van der Waals surface area (Å²) in [4.78, 5) is 24.8. The van der Waals surface area contributed by atoms with Crippen molar-refractivity contribution in [2.24, 2.45) is 17.5 Å². The van der Waals surface area contributed by atoms with Gasteiger partial charge in [-0.15, -0.1) is 0 Å². The number of nitrogens with zero attached hydrogens (tertiary/aromatic N) is 4. The molecule has 1 aromatic heterocycles. The lowest BCUT2D eigenvalue weighted by molar-refractivity contribution is -0.0261. The maximum atomic E-state index is 13.7. The van der Waals surface area contributed by atoms with Crippen LogP contribution < -0.4 is 0 Å². The number of imidazole rings is 1. The third-order valence-electron chi connectivity index (χ3n) is 8.57. The minimum Gasteiger partial charge on any atom is -0.335 e. The van der Waals surface area contributed by atoms with Crippen molar-refractivity contribution in [2.75, 3.05) is 6.54 Å². The molecule has 1 fully saturated rings. The van der Waals surface area contributed by atoms with Crippen molar-refractivity contribution in [1.29, 1.82) is 0 Å². The largest absolute Gasteiger partial charge is 0.335 e. The van der Waals surface area contributed by atoms with Gasteiger partial charge in [0.2, 0.25) is 0 Å². The lowest BCUT2D eigenvalue weighted by atomic mass is 9.51. The van der Waals surface area contributed by atoms with E-state index in [0.29, 0.717) is 0 Å². The summed E-state index contributed by atoms with van der Waals surface area (Å²) in [5.74, 6) is 0.153.